The normalized spacial score (nSPS) is 11.8. The van der Waals surface area contributed by atoms with Crippen LogP contribution < -0.4 is 4.74 Å². The zero-order valence-corrected chi connectivity index (χ0v) is 15.6. The van der Waals surface area contributed by atoms with Crippen LogP contribution in [0.25, 0.3) is 11.4 Å². The minimum atomic E-state index is -0.283. The SMILES string of the molecule is COCc1cc(OC)cc(C(C#N)Cc2ccc(-c3noc(C)n3)cc2)c1. The van der Waals surface area contributed by atoms with Crippen LogP contribution in [-0.4, -0.2) is 24.4 Å². The standard InChI is InChI=1S/C21H21N3O3/c1-14-23-21(24-27-14)17-6-4-15(5-7-17)8-19(12-22)18-9-16(13-25-2)10-20(11-18)26-3/h4-7,9-11,19H,8,13H2,1-3H3. The molecule has 27 heavy (non-hydrogen) atoms. The van der Waals surface area contributed by atoms with Gasteiger partial charge in [0.1, 0.15) is 5.75 Å². The molecule has 0 aliphatic rings. The fourth-order valence-corrected chi connectivity index (χ4v) is 2.94. The number of nitrogens with zero attached hydrogens (tertiary/aromatic N) is 3. The van der Waals surface area contributed by atoms with Crippen molar-refractivity contribution in [3.8, 4) is 23.2 Å². The van der Waals surface area contributed by atoms with E-state index in [1.165, 1.54) is 0 Å². The van der Waals surface area contributed by atoms with Crippen molar-refractivity contribution in [1.29, 1.82) is 5.26 Å². The molecule has 0 amide bonds. The molecular weight excluding hydrogens is 342 g/mol. The zero-order chi connectivity index (χ0) is 19.2. The number of hydrogen-bond acceptors (Lipinski definition) is 6. The monoisotopic (exact) mass is 363 g/mol. The Morgan fingerprint density at radius 2 is 1.89 bits per heavy atom. The van der Waals surface area contributed by atoms with Crippen molar-refractivity contribution in [3.05, 3.63) is 65.0 Å². The molecule has 0 saturated heterocycles. The molecule has 0 radical (unpaired) electrons. The molecule has 0 aliphatic heterocycles. The first kappa shape index (κ1) is 18.6. The summed E-state index contributed by atoms with van der Waals surface area (Å²) in [5.74, 6) is 1.54. The van der Waals surface area contributed by atoms with Crippen molar-refractivity contribution in [3.63, 3.8) is 0 Å². The molecule has 3 rings (SSSR count). The Bertz CT molecular complexity index is 942. The lowest BCUT2D eigenvalue weighted by Gasteiger charge is -2.13. The number of nitriles is 1. The van der Waals surface area contributed by atoms with Crippen LogP contribution in [0, 0.1) is 18.3 Å². The highest BCUT2D eigenvalue weighted by molar-refractivity contribution is 5.54. The van der Waals surface area contributed by atoms with Gasteiger partial charge in [-0.1, -0.05) is 35.5 Å². The summed E-state index contributed by atoms with van der Waals surface area (Å²) in [5.41, 5.74) is 3.84. The van der Waals surface area contributed by atoms with E-state index >= 15 is 0 Å². The quantitative estimate of drug-likeness (QED) is 0.630. The minimum absolute atomic E-state index is 0.283. The van der Waals surface area contributed by atoms with Gasteiger partial charge in [0.15, 0.2) is 0 Å². The second-order valence-corrected chi connectivity index (χ2v) is 6.27. The molecule has 1 atom stereocenters. The van der Waals surface area contributed by atoms with Gasteiger partial charge in [-0.15, -0.1) is 0 Å². The van der Waals surface area contributed by atoms with Gasteiger partial charge in [0.2, 0.25) is 11.7 Å². The molecule has 3 aromatic rings. The summed E-state index contributed by atoms with van der Waals surface area (Å²) in [5, 5.41) is 13.6. The summed E-state index contributed by atoms with van der Waals surface area (Å²) < 4.78 is 15.6. The van der Waals surface area contributed by atoms with Crippen molar-refractivity contribution in [2.45, 2.75) is 25.9 Å². The van der Waals surface area contributed by atoms with Crippen LogP contribution >= 0.6 is 0 Å². The van der Waals surface area contributed by atoms with Crippen LogP contribution in [0.3, 0.4) is 0 Å². The number of aryl methyl sites for hydroxylation is 1. The Morgan fingerprint density at radius 3 is 2.48 bits per heavy atom. The average Bonchev–Trinajstić information content (AvgIpc) is 3.13. The van der Waals surface area contributed by atoms with Gasteiger partial charge in [-0.25, -0.2) is 0 Å². The maximum atomic E-state index is 9.71. The van der Waals surface area contributed by atoms with Gasteiger partial charge in [-0.2, -0.15) is 10.2 Å². The first-order valence-electron chi connectivity index (χ1n) is 8.59. The van der Waals surface area contributed by atoms with Crippen molar-refractivity contribution in [2.24, 2.45) is 0 Å². The van der Waals surface area contributed by atoms with Crippen molar-refractivity contribution in [2.75, 3.05) is 14.2 Å². The number of ether oxygens (including phenoxy) is 2. The van der Waals surface area contributed by atoms with E-state index in [2.05, 4.69) is 16.2 Å². The molecule has 0 bridgehead atoms. The van der Waals surface area contributed by atoms with Crippen LogP contribution in [0.15, 0.2) is 47.0 Å². The summed E-state index contributed by atoms with van der Waals surface area (Å²) >= 11 is 0. The van der Waals surface area contributed by atoms with Crippen LogP contribution in [0.1, 0.15) is 28.5 Å². The smallest absolute Gasteiger partial charge is 0.223 e. The summed E-state index contributed by atoms with van der Waals surface area (Å²) in [6, 6.07) is 16.1. The number of hydrogen-bond donors (Lipinski definition) is 0. The van der Waals surface area contributed by atoms with E-state index < -0.39 is 0 Å². The average molecular weight is 363 g/mol. The highest BCUT2D eigenvalue weighted by atomic mass is 16.5. The molecular formula is C21H21N3O3. The maximum Gasteiger partial charge on any atom is 0.223 e. The summed E-state index contributed by atoms with van der Waals surface area (Å²) in [4.78, 5) is 4.23. The number of methoxy groups -OCH3 is 2. The van der Waals surface area contributed by atoms with E-state index in [9.17, 15) is 5.26 Å². The Kier molecular flexibility index (Phi) is 5.84. The van der Waals surface area contributed by atoms with Gasteiger partial charge in [-0.05, 0) is 35.2 Å². The molecule has 1 aromatic heterocycles. The molecule has 0 N–H and O–H groups in total. The largest absolute Gasteiger partial charge is 0.497 e. The molecule has 1 heterocycles. The highest BCUT2D eigenvalue weighted by Gasteiger charge is 2.15. The van der Waals surface area contributed by atoms with Crippen LogP contribution in [0.4, 0.5) is 0 Å². The third kappa shape index (κ3) is 4.52. The topological polar surface area (TPSA) is 81.2 Å². The second-order valence-electron chi connectivity index (χ2n) is 6.27. The molecule has 0 aliphatic carbocycles. The fourth-order valence-electron chi connectivity index (χ4n) is 2.94. The van der Waals surface area contributed by atoms with E-state index in [4.69, 9.17) is 14.0 Å². The van der Waals surface area contributed by atoms with E-state index in [0.717, 1.165) is 28.0 Å². The Balaban J connectivity index is 1.81. The summed E-state index contributed by atoms with van der Waals surface area (Å²) in [6.07, 6.45) is 0.599. The highest BCUT2D eigenvalue weighted by Crippen LogP contribution is 2.27. The molecule has 0 saturated carbocycles. The predicted octanol–water partition coefficient (Wildman–Crippen LogP) is 4.05. The van der Waals surface area contributed by atoms with E-state index in [1.807, 2.05) is 42.5 Å². The Hall–Kier alpha value is -3.17. The predicted molar refractivity (Wildman–Crippen MR) is 100 cm³/mol. The second kappa shape index (κ2) is 8.47. The Morgan fingerprint density at radius 1 is 1.11 bits per heavy atom. The van der Waals surface area contributed by atoms with Gasteiger partial charge in [0.05, 0.1) is 25.7 Å². The molecule has 1 unspecified atom stereocenters. The molecule has 0 spiro atoms. The first-order chi connectivity index (χ1) is 13.1. The maximum absolute atomic E-state index is 9.71. The first-order valence-corrected chi connectivity index (χ1v) is 8.59. The Labute approximate surface area is 158 Å². The van der Waals surface area contributed by atoms with Crippen molar-refractivity contribution >= 4 is 0 Å². The lowest BCUT2D eigenvalue weighted by atomic mass is 9.91. The molecule has 6 nitrogen and oxygen atoms in total. The zero-order valence-electron chi connectivity index (χ0n) is 15.6. The van der Waals surface area contributed by atoms with Gasteiger partial charge in [0, 0.05) is 19.6 Å². The van der Waals surface area contributed by atoms with E-state index in [-0.39, 0.29) is 5.92 Å². The third-order valence-electron chi connectivity index (χ3n) is 4.27. The molecule has 138 valence electrons. The molecule has 6 heteroatoms. The van der Waals surface area contributed by atoms with Crippen LogP contribution in [-0.2, 0) is 17.8 Å². The van der Waals surface area contributed by atoms with E-state index in [0.29, 0.717) is 24.7 Å². The van der Waals surface area contributed by atoms with Gasteiger partial charge < -0.3 is 14.0 Å². The fraction of sp³-hybridized carbons (Fsp3) is 0.286. The lowest BCUT2D eigenvalue weighted by molar-refractivity contribution is 0.184. The number of rotatable bonds is 7. The third-order valence-corrected chi connectivity index (χ3v) is 4.27. The summed E-state index contributed by atoms with van der Waals surface area (Å²) in [6.45, 7) is 2.23. The van der Waals surface area contributed by atoms with Crippen LogP contribution in [0.5, 0.6) is 5.75 Å². The van der Waals surface area contributed by atoms with Crippen molar-refractivity contribution in [1.82, 2.24) is 10.1 Å². The van der Waals surface area contributed by atoms with Gasteiger partial charge in [-0.3, -0.25) is 0 Å². The lowest BCUT2D eigenvalue weighted by Crippen LogP contribution is -2.03. The number of aromatic nitrogens is 2. The van der Waals surface area contributed by atoms with Crippen molar-refractivity contribution < 1.29 is 14.0 Å². The number of benzene rings is 2. The minimum Gasteiger partial charge on any atom is -0.497 e. The van der Waals surface area contributed by atoms with Gasteiger partial charge >= 0.3 is 0 Å². The van der Waals surface area contributed by atoms with E-state index in [1.54, 1.807) is 21.1 Å². The summed E-state index contributed by atoms with van der Waals surface area (Å²) in [7, 11) is 3.27. The molecule has 0 fully saturated rings. The molecule has 2 aromatic carbocycles. The van der Waals surface area contributed by atoms with Gasteiger partial charge in [0.25, 0.3) is 0 Å². The van der Waals surface area contributed by atoms with Crippen LogP contribution in [0.2, 0.25) is 0 Å².